The number of hydrogen-bond donors (Lipinski definition) is 1. The number of ether oxygens (including phenoxy) is 2. The van der Waals surface area contributed by atoms with Crippen LogP contribution in [0.25, 0.3) is 0 Å². The maximum absolute atomic E-state index is 13.4. The van der Waals surface area contributed by atoms with Crippen molar-refractivity contribution >= 4 is 27.3 Å². The lowest BCUT2D eigenvalue weighted by molar-refractivity contribution is 0.102. The molecule has 1 aliphatic heterocycles. The third-order valence-corrected chi connectivity index (χ3v) is 7.53. The van der Waals surface area contributed by atoms with E-state index in [-0.39, 0.29) is 10.5 Å². The SMILES string of the molecule is CCCCOc1ccc(OC)cc1NC(=O)c1cccc(S(=O)(=O)N2CCc3ccccc32)c1. The van der Waals surface area contributed by atoms with Crippen molar-refractivity contribution in [2.45, 2.75) is 31.1 Å². The number of anilines is 2. The van der Waals surface area contributed by atoms with Crippen molar-refractivity contribution in [2.75, 3.05) is 29.9 Å². The van der Waals surface area contributed by atoms with Crippen LogP contribution < -0.4 is 19.1 Å². The van der Waals surface area contributed by atoms with Crippen LogP contribution in [0.3, 0.4) is 0 Å². The van der Waals surface area contributed by atoms with E-state index in [2.05, 4.69) is 12.2 Å². The van der Waals surface area contributed by atoms with Crippen LogP contribution in [0.15, 0.2) is 71.6 Å². The Labute approximate surface area is 200 Å². The Bertz CT molecular complexity index is 1290. The Morgan fingerprint density at radius 3 is 2.68 bits per heavy atom. The van der Waals surface area contributed by atoms with E-state index in [4.69, 9.17) is 9.47 Å². The van der Waals surface area contributed by atoms with Crippen molar-refractivity contribution in [1.82, 2.24) is 0 Å². The lowest BCUT2D eigenvalue weighted by Crippen LogP contribution is -2.29. The van der Waals surface area contributed by atoms with Crippen LogP contribution in [0.1, 0.15) is 35.7 Å². The van der Waals surface area contributed by atoms with Gasteiger partial charge in [-0.2, -0.15) is 0 Å². The van der Waals surface area contributed by atoms with Crippen LogP contribution in [-0.4, -0.2) is 34.6 Å². The van der Waals surface area contributed by atoms with E-state index in [9.17, 15) is 13.2 Å². The number of nitrogens with zero attached hydrogens (tertiary/aromatic N) is 1. The predicted octanol–water partition coefficient (Wildman–Crippen LogP) is 4.88. The van der Waals surface area contributed by atoms with Crippen molar-refractivity contribution in [2.24, 2.45) is 0 Å². The molecular formula is C26H28N2O5S. The van der Waals surface area contributed by atoms with Crippen LogP contribution in [0, 0.1) is 0 Å². The number of rotatable bonds is 9. The van der Waals surface area contributed by atoms with Crippen molar-refractivity contribution in [3.8, 4) is 11.5 Å². The molecule has 1 heterocycles. The van der Waals surface area contributed by atoms with Crippen LogP contribution in [0.2, 0.25) is 0 Å². The summed E-state index contributed by atoms with van der Waals surface area (Å²) in [5.41, 5.74) is 2.37. The van der Waals surface area contributed by atoms with Gasteiger partial charge in [0.15, 0.2) is 0 Å². The molecule has 0 atom stereocenters. The van der Waals surface area contributed by atoms with Gasteiger partial charge in [-0.1, -0.05) is 37.6 Å². The molecule has 3 aromatic rings. The lowest BCUT2D eigenvalue weighted by atomic mass is 10.2. The van der Waals surface area contributed by atoms with Crippen LogP contribution in [0.4, 0.5) is 11.4 Å². The topological polar surface area (TPSA) is 84.9 Å². The predicted molar refractivity (Wildman–Crippen MR) is 132 cm³/mol. The summed E-state index contributed by atoms with van der Waals surface area (Å²) in [6, 6.07) is 18.7. The maximum Gasteiger partial charge on any atom is 0.264 e. The number of sulfonamides is 1. The Balaban J connectivity index is 1.58. The van der Waals surface area contributed by atoms with E-state index < -0.39 is 15.9 Å². The third-order valence-electron chi connectivity index (χ3n) is 5.72. The molecule has 0 fully saturated rings. The fraction of sp³-hybridized carbons (Fsp3) is 0.269. The van der Waals surface area contributed by atoms with Gasteiger partial charge >= 0.3 is 0 Å². The maximum atomic E-state index is 13.4. The molecule has 7 nitrogen and oxygen atoms in total. The molecular weight excluding hydrogens is 452 g/mol. The smallest absolute Gasteiger partial charge is 0.264 e. The molecule has 0 radical (unpaired) electrons. The van der Waals surface area contributed by atoms with Crippen molar-refractivity contribution < 1.29 is 22.7 Å². The number of carbonyl (C=O) groups is 1. The first-order valence-corrected chi connectivity index (χ1v) is 12.7. The van der Waals surface area contributed by atoms with E-state index in [0.717, 1.165) is 18.4 Å². The summed E-state index contributed by atoms with van der Waals surface area (Å²) >= 11 is 0. The first kappa shape index (κ1) is 23.6. The van der Waals surface area contributed by atoms with Crippen molar-refractivity contribution in [3.63, 3.8) is 0 Å². The number of carbonyl (C=O) groups excluding carboxylic acids is 1. The highest BCUT2D eigenvalue weighted by molar-refractivity contribution is 7.92. The molecule has 0 spiro atoms. The first-order chi connectivity index (χ1) is 16.4. The summed E-state index contributed by atoms with van der Waals surface area (Å²) in [7, 11) is -2.26. The Morgan fingerprint density at radius 1 is 1.06 bits per heavy atom. The average Bonchev–Trinajstić information content (AvgIpc) is 3.30. The highest BCUT2D eigenvalue weighted by Crippen LogP contribution is 2.33. The van der Waals surface area contributed by atoms with E-state index in [1.165, 1.54) is 16.4 Å². The second kappa shape index (κ2) is 10.2. The van der Waals surface area contributed by atoms with Gasteiger partial charge in [-0.3, -0.25) is 9.10 Å². The molecule has 1 amide bonds. The molecule has 8 heteroatoms. The molecule has 1 aliphatic rings. The normalized spacial score (nSPS) is 12.8. The molecule has 34 heavy (non-hydrogen) atoms. The molecule has 0 unspecified atom stereocenters. The molecule has 1 N–H and O–H groups in total. The van der Waals surface area contributed by atoms with Crippen LogP contribution in [0.5, 0.6) is 11.5 Å². The number of methoxy groups -OCH3 is 1. The number of amides is 1. The highest BCUT2D eigenvalue weighted by atomic mass is 32.2. The molecule has 0 aliphatic carbocycles. The van der Waals surface area contributed by atoms with Gasteiger partial charge in [0.25, 0.3) is 15.9 Å². The molecule has 3 aromatic carbocycles. The Hall–Kier alpha value is -3.52. The molecule has 0 saturated carbocycles. The summed E-state index contributed by atoms with van der Waals surface area (Å²) in [5.74, 6) is 0.662. The molecule has 0 bridgehead atoms. The number of benzene rings is 3. The van der Waals surface area contributed by atoms with Gasteiger partial charge < -0.3 is 14.8 Å². The van der Waals surface area contributed by atoms with E-state index >= 15 is 0 Å². The fourth-order valence-corrected chi connectivity index (χ4v) is 5.41. The minimum atomic E-state index is -3.81. The van der Waals surface area contributed by atoms with Crippen LogP contribution >= 0.6 is 0 Å². The number of nitrogens with one attached hydrogen (secondary N) is 1. The summed E-state index contributed by atoms with van der Waals surface area (Å²) in [4.78, 5) is 13.2. The average molecular weight is 481 g/mol. The summed E-state index contributed by atoms with van der Waals surface area (Å²) in [6.45, 7) is 2.97. The van der Waals surface area contributed by atoms with Gasteiger partial charge in [0, 0.05) is 18.2 Å². The first-order valence-electron chi connectivity index (χ1n) is 11.3. The van der Waals surface area contributed by atoms with Gasteiger partial charge in [0.2, 0.25) is 0 Å². The minimum Gasteiger partial charge on any atom is -0.497 e. The minimum absolute atomic E-state index is 0.0712. The second-order valence-electron chi connectivity index (χ2n) is 8.00. The zero-order valence-corrected chi connectivity index (χ0v) is 20.1. The van der Waals surface area contributed by atoms with Gasteiger partial charge in [-0.15, -0.1) is 0 Å². The summed E-state index contributed by atoms with van der Waals surface area (Å²) in [6.07, 6.45) is 2.53. The molecule has 178 valence electrons. The van der Waals surface area contributed by atoms with E-state index in [1.807, 2.05) is 18.2 Å². The van der Waals surface area contributed by atoms with Gasteiger partial charge in [-0.05, 0) is 54.8 Å². The lowest BCUT2D eigenvalue weighted by Gasteiger charge is -2.20. The standard InChI is InChI=1S/C26H28N2O5S/c1-3-4-16-33-25-13-12-21(32-2)18-23(25)27-26(29)20-9-7-10-22(17-20)34(30,31)28-15-14-19-8-5-6-11-24(19)28/h5-13,17-18H,3-4,14-16H2,1-2H3,(H,27,29). The number of hydrogen-bond acceptors (Lipinski definition) is 5. The monoisotopic (exact) mass is 480 g/mol. The quantitative estimate of drug-likeness (QED) is 0.442. The molecule has 4 rings (SSSR count). The van der Waals surface area contributed by atoms with Crippen LogP contribution in [-0.2, 0) is 16.4 Å². The molecule has 0 saturated heterocycles. The van der Waals surface area contributed by atoms with Gasteiger partial charge in [0.1, 0.15) is 11.5 Å². The van der Waals surface area contributed by atoms with E-state index in [0.29, 0.717) is 42.4 Å². The van der Waals surface area contributed by atoms with Crippen molar-refractivity contribution in [3.05, 3.63) is 77.9 Å². The zero-order valence-electron chi connectivity index (χ0n) is 19.3. The number of unbranched alkanes of at least 4 members (excludes halogenated alkanes) is 1. The third kappa shape index (κ3) is 4.87. The highest BCUT2D eigenvalue weighted by Gasteiger charge is 2.31. The number of fused-ring (bicyclic) bond motifs is 1. The second-order valence-corrected chi connectivity index (χ2v) is 9.86. The Kier molecular flexibility index (Phi) is 7.07. The van der Waals surface area contributed by atoms with Gasteiger partial charge in [-0.25, -0.2) is 8.42 Å². The van der Waals surface area contributed by atoms with Crippen molar-refractivity contribution in [1.29, 1.82) is 0 Å². The summed E-state index contributed by atoms with van der Waals surface area (Å²) in [5, 5.41) is 2.84. The Morgan fingerprint density at radius 2 is 1.88 bits per heavy atom. The fourth-order valence-electron chi connectivity index (χ4n) is 3.86. The summed E-state index contributed by atoms with van der Waals surface area (Å²) < 4.78 is 39.2. The number of para-hydroxylation sites is 1. The largest absolute Gasteiger partial charge is 0.497 e. The zero-order chi connectivity index (χ0) is 24.1. The van der Waals surface area contributed by atoms with E-state index in [1.54, 1.807) is 43.5 Å². The van der Waals surface area contributed by atoms with Gasteiger partial charge in [0.05, 0.1) is 30.0 Å². The molecule has 0 aromatic heterocycles.